The van der Waals surface area contributed by atoms with Crippen LogP contribution in [0.15, 0.2) is 48.5 Å². The van der Waals surface area contributed by atoms with E-state index in [4.69, 9.17) is 4.74 Å². The van der Waals surface area contributed by atoms with Crippen LogP contribution in [-0.2, 0) is 9.53 Å². The Morgan fingerprint density at radius 2 is 1.54 bits per heavy atom. The molecule has 1 fully saturated rings. The molecule has 2 aromatic carbocycles. The molecular weight excluding hydrogens is 358 g/mol. The minimum absolute atomic E-state index is 0.334. The standard InChI is InChI=1S/C21H21N3O4/c1-14(24-20(26)15-6-2-3-7-16(15)21(24)27)19(25)22-17-8-4-5-9-18(17)23-10-12-28-13-11-23/h2-9,14H,10-13H2,1H3,(H,22,25)/t14-/m1/s1. The van der Waals surface area contributed by atoms with Crippen LogP contribution in [0, 0.1) is 0 Å². The SMILES string of the molecule is C[C@H](C(=O)Nc1ccccc1N1CCOCC1)N1C(=O)c2ccccc2C1=O. The van der Waals surface area contributed by atoms with Crippen molar-refractivity contribution in [1.29, 1.82) is 0 Å². The van der Waals surface area contributed by atoms with E-state index in [0.717, 1.165) is 23.7 Å². The highest BCUT2D eigenvalue weighted by atomic mass is 16.5. The number of para-hydroxylation sites is 2. The molecule has 1 saturated heterocycles. The third kappa shape index (κ3) is 3.14. The maximum Gasteiger partial charge on any atom is 0.262 e. The number of carbonyl (C=O) groups excluding carboxylic acids is 3. The van der Waals surface area contributed by atoms with Crippen LogP contribution in [0.25, 0.3) is 0 Å². The van der Waals surface area contributed by atoms with E-state index >= 15 is 0 Å². The minimum atomic E-state index is -0.926. The highest BCUT2D eigenvalue weighted by molar-refractivity contribution is 6.23. The van der Waals surface area contributed by atoms with Gasteiger partial charge in [0.05, 0.1) is 35.7 Å². The van der Waals surface area contributed by atoms with E-state index in [9.17, 15) is 14.4 Å². The number of carbonyl (C=O) groups is 3. The van der Waals surface area contributed by atoms with Crippen LogP contribution >= 0.6 is 0 Å². The van der Waals surface area contributed by atoms with Crippen LogP contribution in [0.4, 0.5) is 11.4 Å². The van der Waals surface area contributed by atoms with Crippen LogP contribution in [0.2, 0.25) is 0 Å². The molecule has 7 nitrogen and oxygen atoms in total. The molecule has 0 unspecified atom stereocenters. The molecule has 4 rings (SSSR count). The molecule has 1 atom stereocenters. The summed E-state index contributed by atoms with van der Waals surface area (Å²) in [4.78, 5) is 41.3. The van der Waals surface area contributed by atoms with Gasteiger partial charge < -0.3 is 15.0 Å². The van der Waals surface area contributed by atoms with Crippen LogP contribution in [0.3, 0.4) is 0 Å². The highest BCUT2D eigenvalue weighted by Gasteiger charge is 2.40. The van der Waals surface area contributed by atoms with Crippen LogP contribution in [0.1, 0.15) is 27.6 Å². The molecule has 3 amide bonds. The summed E-state index contributed by atoms with van der Waals surface area (Å²) in [5.41, 5.74) is 2.22. The van der Waals surface area contributed by atoms with Crippen molar-refractivity contribution < 1.29 is 19.1 Å². The number of anilines is 2. The molecule has 0 radical (unpaired) electrons. The number of imide groups is 1. The lowest BCUT2D eigenvalue weighted by Crippen LogP contribution is -2.45. The Hall–Kier alpha value is -3.19. The van der Waals surface area contributed by atoms with Gasteiger partial charge in [-0.05, 0) is 31.2 Å². The fourth-order valence-corrected chi connectivity index (χ4v) is 3.57. The maximum atomic E-state index is 12.9. The normalized spacial score (nSPS) is 17.5. The topological polar surface area (TPSA) is 79.0 Å². The summed E-state index contributed by atoms with van der Waals surface area (Å²) >= 11 is 0. The van der Waals surface area contributed by atoms with Gasteiger partial charge in [0, 0.05) is 13.1 Å². The van der Waals surface area contributed by atoms with Crippen molar-refractivity contribution in [3.8, 4) is 0 Å². The predicted molar refractivity (Wildman–Crippen MR) is 105 cm³/mol. The summed E-state index contributed by atoms with van der Waals surface area (Å²) in [5.74, 6) is -1.29. The number of amides is 3. The molecule has 28 heavy (non-hydrogen) atoms. The number of hydrogen-bond donors (Lipinski definition) is 1. The van der Waals surface area contributed by atoms with E-state index in [0.29, 0.717) is 30.0 Å². The molecule has 7 heteroatoms. The second kappa shape index (κ2) is 7.44. The molecular formula is C21H21N3O4. The van der Waals surface area contributed by atoms with Crippen molar-refractivity contribution >= 4 is 29.1 Å². The molecule has 2 aliphatic heterocycles. The van der Waals surface area contributed by atoms with E-state index in [1.807, 2.05) is 24.3 Å². The first kappa shape index (κ1) is 18.2. The van der Waals surface area contributed by atoms with Gasteiger partial charge in [-0.15, -0.1) is 0 Å². The summed E-state index contributed by atoms with van der Waals surface area (Å²) in [6.45, 7) is 4.30. The molecule has 2 heterocycles. The summed E-state index contributed by atoms with van der Waals surface area (Å²) in [6, 6.07) is 13.2. The van der Waals surface area contributed by atoms with Crippen molar-refractivity contribution in [2.24, 2.45) is 0 Å². The monoisotopic (exact) mass is 379 g/mol. The van der Waals surface area contributed by atoms with Crippen molar-refractivity contribution in [2.75, 3.05) is 36.5 Å². The Morgan fingerprint density at radius 1 is 0.964 bits per heavy atom. The number of benzene rings is 2. The van der Waals surface area contributed by atoms with Crippen molar-refractivity contribution in [3.63, 3.8) is 0 Å². The fraction of sp³-hybridized carbons (Fsp3) is 0.286. The fourth-order valence-electron chi connectivity index (χ4n) is 3.57. The van der Waals surface area contributed by atoms with Gasteiger partial charge in [0.2, 0.25) is 5.91 Å². The zero-order chi connectivity index (χ0) is 19.7. The van der Waals surface area contributed by atoms with Crippen LogP contribution < -0.4 is 10.2 Å². The third-order valence-electron chi connectivity index (χ3n) is 5.11. The average Bonchev–Trinajstić information content (AvgIpc) is 2.99. The number of nitrogens with one attached hydrogen (secondary N) is 1. The first-order valence-corrected chi connectivity index (χ1v) is 9.27. The third-order valence-corrected chi connectivity index (χ3v) is 5.11. The molecule has 0 aliphatic carbocycles. The largest absolute Gasteiger partial charge is 0.378 e. The van der Waals surface area contributed by atoms with E-state index in [-0.39, 0.29) is 0 Å². The number of rotatable bonds is 4. The van der Waals surface area contributed by atoms with Gasteiger partial charge in [-0.3, -0.25) is 19.3 Å². The maximum absolute atomic E-state index is 12.9. The Bertz CT molecular complexity index is 902. The molecule has 0 spiro atoms. The van der Waals surface area contributed by atoms with Gasteiger partial charge in [-0.2, -0.15) is 0 Å². The molecule has 2 aliphatic rings. The number of nitrogens with zero attached hydrogens (tertiary/aromatic N) is 2. The minimum Gasteiger partial charge on any atom is -0.378 e. The second-order valence-electron chi connectivity index (χ2n) is 6.81. The summed E-state index contributed by atoms with van der Waals surface area (Å²) in [6.07, 6.45) is 0. The van der Waals surface area contributed by atoms with E-state index < -0.39 is 23.8 Å². The molecule has 1 N–H and O–H groups in total. The van der Waals surface area contributed by atoms with Gasteiger partial charge in [-0.25, -0.2) is 0 Å². The lowest BCUT2D eigenvalue weighted by atomic mass is 10.1. The highest BCUT2D eigenvalue weighted by Crippen LogP contribution is 2.28. The predicted octanol–water partition coefficient (Wildman–Crippen LogP) is 2.15. The lowest BCUT2D eigenvalue weighted by molar-refractivity contribution is -0.119. The van der Waals surface area contributed by atoms with Crippen LogP contribution in [0.5, 0.6) is 0 Å². The van der Waals surface area contributed by atoms with Gasteiger partial charge >= 0.3 is 0 Å². The number of morpholine rings is 1. The van der Waals surface area contributed by atoms with Crippen molar-refractivity contribution in [2.45, 2.75) is 13.0 Å². The first-order valence-electron chi connectivity index (χ1n) is 9.27. The summed E-state index contributed by atoms with van der Waals surface area (Å²) in [5, 5.41) is 2.88. The molecule has 144 valence electrons. The lowest BCUT2D eigenvalue weighted by Gasteiger charge is -2.31. The zero-order valence-electron chi connectivity index (χ0n) is 15.6. The second-order valence-corrected chi connectivity index (χ2v) is 6.81. The summed E-state index contributed by atoms with van der Waals surface area (Å²) in [7, 11) is 0. The molecule has 0 aromatic heterocycles. The van der Waals surface area contributed by atoms with Gasteiger partial charge in [-0.1, -0.05) is 24.3 Å². The Labute approximate surface area is 162 Å². The van der Waals surface area contributed by atoms with E-state index in [2.05, 4.69) is 10.2 Å². The molecule has 2 aromatic rings. The van der Waals surface area contributed by atoms with Gasteiger partial charge in [0.1, 0.15) is 6.04 Å². The van der Waals surface area contributed by atoms with Crippen molar-refractivity contribution in [1.82, 2.24) is 4.90 Å². The Morgan fingerprint density at radius 3 is 2.18 bits per heavy atom. The molecule has 0 saturated carbocycles. The Balaban J connectivity index is 1.54. The van der Waals surface area contributed by atoms with Gasteiger partial charge in [0.15, 0.2) is 0 Å². The number of hydrogen-bond acceptors (Lipinski definition) is 5. The number of fused-ring (bicyclic) bond motifs is 1. The van der Waals surface area contributed by atoms with Gasteiger partial charge in [0.25, 0.3) is 11.8 Å². The smallest absolute Gasteiger partial charge is 0.262 e. The van der Waals surface area contributed by atoms with Crippen LogP contribution in [-0.4, -0.2) is 55.0 Å². The average molecular weight is 379 g/mol. The number of ether oxygens (including phenoxy) is 1. The quantitative estimate of drug-likeness (QED) is 0.824. The van der Waals surface area contributed by atoms with E-state index in [1.165, 1.54) is 0 Å². The first-order chi connectivity index (χ1) is 13.6. The zero-order valence-corrected chi connectivity index (χ0v) is 15.6. The Kier molecular flexibility index (Phi) is 4.83. The van der Waals surface area contributed by atoms with E-state index in [1.54, 1.807) is 31.2 Å². The summed E-state index contributed by atoms with van der Waals surface area (Å²) < 4.78 is 5.39. The molecule has 0 bridgehead atoms. The van der Waals surface area contributed by atoms with Crippen molar-refractivity contribution in [3.05, 3.63) is 59.7 Å².